The topological polar surface area (TPSA) is 97.4 Å². The summed E-state index contributed by atoms with van der Waals surface area (Å²) in [5.41, 5.74) is 5.31. The first-order valence-corrected chi connectivity index (χ1v) is 8.68. The molecule has 24 heavy (non-hydrogen) atoms. The minimum atomic E-state index is -0.393. The Labute approximate surface area is 142 Å². The summed E-state index contributed by atoms with van der Waals surface area (Å²) in [5.74, 6) is 1.88. The lowest BCUT2D eigenvalue weighted by Crippen LogP contribution is -2.48. The second-order valence-electron chi connectivity index (χ2n) is 6.83. The van der Waals surface area contributed by atoms with Crippen molar-refractivity contribution in [3.63, 3.8) is 0 Å². The number of hydrogen-bond donors (Lipinski definition) is 1. The van der Waals surface area contributed by atoms with Gasteiger partial charge in [-0.2, -0.15) is 5.10 Å². The van der Waals surface area contributed by atoms with Crippen LogP contribution in [0.5, 0.6) is 0 Å². The van der Waals surface area contributed by atoms with E-state index in [0.29, 0.717) is 32.5 Å². The molecule has 2 fully saturated rings. The van der Waals surface area contributed by atoms with Gasteiger partial charge < -0.3 is 15.5 Å². The number of piperidine rings is 2. The van der Waals surface area contributed by atoms with Crippen molar-refractivity contribution >= 4 is 11.9 Å². The Hall–Kier alpha value is -2.12. The summed E-state index contributed by atoms with van der Waals surface area (Å²) in [6, 6.07) is -0.189. The number of urea groups is 1. The number of nitrogens with zero attached hydrogens (tertiary/aromatic N) is 5. The van der Waals surface area contributed by atoms with E-state index in [1.165, 1.54) is 0 Å². The molecule has 0 radical (unpaired) electrons. The molecule has 3 amide bonds. The lowest BCUT2D eigenvalue weighted by atomic mass is 9.94. The highest BCUT2D eigenvalue weighted by Gasteiger charge is 2.33. The Balaban J connectivity index is 1.61. The summed E-state index contributed by atoms with van der Waals surface area (Å²) in [4.78, 5) is 32.0. The number of aromatic nitrogens is 3. The highest BCUT2D eigenvalue weighted by molar-refractivity contribution is 5.79. The Morgan fingerprint density at radius 3 is 2.38 bits per heavy atom. The maximum absolute atomic E-state index is 12.8. The van der Waals surface area contributed by atoms with Crippen molar-refractivity contribution in [2.24, 2.45) is 11.7 Å². The largest absolute Gasteiger partial charge is 0.351 e. The van der Waals surface area contributed by atoms with Crippen LogP contribution in [0, 0.1) is 19.8 Å². The van der Waals surface area contributed by atoms with Gasteiger partial charge in [0.05, 0.1) is 6.04 Å². The molecule has 0 aliphatic carbocycles. The van der Waals surface area contributed by atoms with Crippen LogP contribution in [-0.4, -0.2) is 62.7 Å². The molecule has 132 valence electrons. The molecule has 2 aliphatic heterocycles. The summed E-state index contributed by atoms with van der Waals surface area (Å²) in [5, 5.41) is 4.48. The van der Waals surface area contributed by atoms with Gasteiger partial charge in [0.1, 0.15) is 11.6 Å². The molecular formula is C16H26N6O2. The van der Waals surface area contributed by atoms with Gasteiger partial charge >= 0.3 is 6.03 Å². The average Bonchev–Trinajstić information content (AvgIpc) is 2.93. The third-order valence-electron chi connectivity index (χ3n) is 5.12. The van der Waals surface area contributed by atoms with E-state index in [-0.39, 0.29) is 17.9 Å². The Kier molecular flexibility index (Phi) is 4.73. The number of carbonyl (C=O) groups excluding carboxylic acids is 2. The van der Waals surface area contributed by atoms with E-state index in [2.05, 4.69) is 10.1 Å². The van der Waals surface area contributed by atoms with Gasteiger partial charge in [-0.25, -0.2) is 14.5 Å². The SMILES string of the molecule is Cc1nc(C)n(C2CCCN(C(=O)C3CCN(C(N)=O)CC3)C2)n1. The number of hydrogen-bond acceptors (Lipinski definition) is 4. The molecule has 1 aromatic heterocycles. The first-order valence-electron chi connectivity index (χ1n) is 8.68. The van der Waals surface area contributed by atoms with Gasteiger partial charge in [-0.3, -0.25) is 4.79 Å². The van der Waals surface area contributed by atoms with Crippen LogP contribution in [0.15, 0.2) is 0 Å². The predicted octanol–water partition coefficient (Wildman–Crippen LogP) is 0.849. The Morgan fingerprint density at radius 1 is 1.08 bits per heavy atom. The van der Waals surface area contributed by atoms with Gasteiger partial charge in [0.15, 0.2) is 0 Å². The maximum Gasteiger partial charge on any atom is 0.314 e. The molecule has 2 aliphatic rings. The fourth-order valence-electron chi connectivity index (χ4n) is 3.84. The van der Waals surface area contributed by atoms with Crippen molar-refractivity contribution in [1.82, 2.24) is 24.6 Å². The average molecular weight is 334 g/mol. The van der Waals surface area contributed by atoms with Crippen molar-refractivity contribution in [3.8, 4) is 0 Å². The number of primary amides is 1. The first kappa shape index (κ1) is 16.7. The van der Waals surface area contributed by atoms with E-state index in [9.17, 15) is 9.59 Å². The standard InChI is InChI=1S/C16H26N6O2/c1-11-18-12(2)22(19-11)14-4-3-7-21(10-14)15(23)13-5-8-20(9-6-13)16(17)24/h13-14H,3-10H2,1-2H3,(H2,17,24). The van der Waals surface area contributed by atoms with Crippen LogP contribution >= 0.6 is 0 Å². The smallest absolute Gasteiger partial charge is 0.314 e. The molecule has 8 heteroatoms. The molecule has 8 nitrogen and oxygen atoms in total. The van der Waals surface area contributed by atoms with Crippen LogP contribution in [0.2, 0.25) is 0 Å². The normalized spacial score (nSPS) is 22.7. The van der Waals surface area contributed by atoms with Crippen molar-refractivity contribution in [2.75, 3.05) is 26.2 Å². The molecule has 0 spiro atoms. The molecule has 1 aromatic rings. The van der Waals surface area contributed by atoms with E-state index in [4.69, 9.17) is 5.73 Å². The number of carbonyl (C=O) groups is 2. The monoisotopic (exact) mass is 334 g/mol. The quantitative estimate of drug-likeness (QED) is 0.867. The molecular weight excluding hydrogens is 308 g/mol. The van der Waals surface area contributed by atoms with E-state index >= 15 is 0 Å². The van der Waals surface area contributed by atoms with Crippen LogP contribution in [0.4, 0.5) is 4.79 Å². The highest BCUT2D eigenvalue weighted by atomic mass is 16.2. The van der Waals surface area contributed by atoms with Gasteiger partial charge in [-0.1, -0.05) is 0 Å². The zero-order valence-electron chi connectivity index (χ0n) is 14.4. The van der Waals surface area contributed by atoms with E-state index in [0.717, 1.165) is 31.0 Å². The van der Waals surface area contributed by atoms with Crippen LogP contribution in [-0.2, 0) is 4.79 Å². The molecule has 1 unspecified atom stereocenters. The van der Waals surface area contributed by atoms with Crippen LogP contribution in [0.1, 0.15) is 43.4 Å². The van der Waals surface area contributed by atoms with Crippen molar-refractivity contribution in [2.45, 2.75) is 45.6 Å². The van der Waals surface area contributed by atoms with Crippen molar-refractivity contribution in [1.29, 1.82) is 0 Å². The summed E-state index contributed by atoms with van der Waals surface area (Å²) in [7, 11) is 0. The summed E-state index contributed by atoms with van der Waals surface area (Å²) in [6.45, 7) is 6.49. The number of rotatable bonds is 2. The van der Waals surface area contributed by atoms with Gasteiger partial charge in [0, 0.05) is 32.1 Å². The van der Waals surface area contributed by atoms with Gasteiger partial charge in [-0.15, -0.1) is 0 Å². The Bertz CT molecular complexity index is 620. The van der Waals surface area contributed by atoms with Gasteiger partial charge in [0.2, 0.25) is 5.91 Å². The van der Waals surface area contributed by atoms with Crippen LogP contribution < -0.4 is 5.73 Å². The van der Waals surface area contributed by atoms with Gasteiger partial charge in [-0.05, 0) is 39.5 Å². The number of nitrogens with two attached hydrogens (primary N) is 1. The summed E-state index contributed by atoms with van der Waals surface area (Å²) in [6.07, 6.45) is 3.40. The van der Waals surface area contributed by atoms with E-state index in [1.807, 2.05) is 23.4 Å². The summed E-state index contributed by atoms with van der Waals surface area (Å²) < 4.78 is 1.96. The molecule has 3 rings (SSSR count). The van der Waals surface area contributed by atoms with Crippen LogP contribution in [0.3, 0.4) is 0 Å². The molecule has 3 heterocycles. The molecule has 1 atom stereocenters. The third kappa shape index (κ3) is 3.37. The lowest BCUT2D eigenvalue weighted by Gasteiger charge is -2.37. The highest BCUT2D eigenvalue weighted by Crippen LogP contribution is 2.26. The minimum absolute atomic E-state index is 0.00192. The second-order valence-corrected chi connectivity index (χ2v) is 6.83. The number of likely N-dealkylation sites (tertiary alicyclic amines) is 2. The molecule has 0 saturated carbocycles. The zero-order chi connectivity index (χ0) is 17.3. The van der Waals surface area contributed by atoms with Crippen molar-refractivity contribution in [3.05, 3.63) is 11.6 Å². The third-order valence-corrected chi connectivity index (χ3v) is 5.12. The molecule has 0 bridgehead atoms. The maximum atomic E-state index is 12.8. The number of amides is 3. The molecule has 2 N–H and O–H groups in total. The zero-order valence-corrected chi connectivity index (χ0v) is 14.4. The number of aryl methyl sites for hydroxylation is 2. The molecule has 0 aromatic carbocycles. The second kappa shape index (κ2) is 6.78. The fourth-order valence-corrected chi connectivity index (χ4v) is 3.84. The Morgan fingerprint density at radius 2 is 1.79 bits per heavy atom. The van der Waals surface area contributed by atoms with E-state index in [1.54, 1.807) is 4.90 Å². The van der Waals surface area contributed by atoms with E-state index < -0.39 is 6.03 Å². The minimum Gasteiger partial charge on any atom is -0.351 e. The van der Waals surface area contributed by atoms with Crippen molar-refractivity contribution < 1.29 is 9.59 Å². The molecule has 2 saturated heterocycles. The predicted molar refractivity (Wildman–Crippen MR) is 88.2 cm³/mol. The fraction of sp³-hybridized carbons (Fsp3) is 0.750. The lowest BCUT2D eigenvalue weighted by molar-refractivity contribution is -0.138. The summed E-state index contributed by atoms with van der Waals surface area (Å²) >= 11 is 0. The first-order chi connectivity index (χ1) is 11.5. The van der Waals surface area contributed by atoms with Gasteiger partial charge in [0.25, 0.3) is 0 Å². The van der Waals surface area contributed by atoms with Crippen LogP contribution in [0.25, 0.3) is 0 Å².